The quantitative estimate of drug-likeness (QED) is 0.775. The lowest BCUT2D eigenvalue weighted by Crippen LogP contribution is -2.49. The summed E-state index contributed by atoms with van der Waals surface area (Å²) in [6.07, 6.45) is 3.16. The Balaban J connectivity index is 1.98. The Bertz CT molecular complexity index is 563. The zero-order chi connectivity index (χ0) is 15.1. The monoisotopic (exact) mass is 327 g/mol. The van der Waals surface area contributed by atoms with E-state index >= 15 is 0 Å². The lowest BCUT2D eigenvalue weighted by Gasteiger charge is -2.41. The van der Waals surface area contributed by atoms with Gasteiger partial charge in [-0.2, -0.15) is 0 Å². The third-order valence-electron chi connectivity index (χ3n) is 5.11. The maximum atomic E-state index is 12.3. The van der Waals surface area contributed by atoms with Gasteiger partial charge < -0.3 is 4.74 Å². The third-order valence-corrected chi connectivity index (χ3v) is 5.85. The minimum absolute atomic E-state index is 0.122. The number of methoxy groups -OCH3 is 1. The number of carbonyl (C=O) groups excluding carboxylic acids is 1. The average Bonchev–Trinajstić information content (AvgIpc) is 2.72. The van der Waals surface area contributed by atoms with E-state index < -0.39 is 0 Å². The Labute approximate surface area is 135 Å². The number of fused-ring (bicyclic) bond motifs is 2. The molecule has 0 amide bonds. The molecule has 2 aliphatic heterocycles. The van der Waals surface area contributed by atoms with E-state index in [-0.39, 0.29) is 23.8 Å². The van der Waals surface area contributed by atoms with E-state index in [1.807, 2.05) is 18.2 Å². The van der Waals surface area contributed by atoms with Crippen LogP contribution >= 0.6 is 23.2 Å². The molecule has 0 saturated carbocycles. The van der Waals surface area contributed by atoms with E-state index in [9.17, 15) is 4.79 Å². The second kappa shape index (κ2) is 5.79. The van der Waals surface area contributed by atoms with E-state index in [1.54, 1.807) is 0 Å². The van der Waals surface area contributed by atoms with Crippen molar-refractivity contribution in [2.45, 2.75) is 37.3 Å². The predicted octanol–water partition coefficient (Wildman–Crippen LogP) is 3.73. The normalized spacial score (nSPS) is 32.2. The number of halogens is 2. The molecule has 1 aromatic carbocycles. The summed E-state index contributed by atoms with van der Waals surface area (Å²) < 4.78 is 5.07. The second-order valence-corrected chi connectivity index (χ2v) is 6.84. The van der Waals surface area contributed by atoms with E-state index in [0.29, 0.717) is 16.1 Å². The summed E-state index contributed by atoms with van der Waals surface area (Å²) in [5, 5.41) is 1.09. The topological polar surface area (TPSA) is 29.5 Å². The van der Waals surface area contributed by atoms with Crippen molar-refractivity contribution >= 4 is 29.2 Å². The SMILES string of the molecule is COC(=O)[C@H]1[C@H]2CC[C@@H](C[C@H]1c1ccc(Cl)c(Cl)c1)N2C. The van der Waals surface area contributed by atoms with Crippen molar-refractivity contribution in [1.29, 1.82) is 0 Å². The molecule has 0 spiro atoms. The Morgan fingerprint density at radius 3 is 2.71 bits per heavy atom. The third kappa shape index (κ3) is 2.56. The van der Waals surface area contributed by atoms with E-state index in [1.165, 1.54) is 7.11 Å². The zero-order valence-electron chi connectivity index (χ0n) is 12.2. The number of piperidine rings is 1. The van der Waals surface area contributed by atoms with Crippen LogP contribution in [0, 0.1) is 5.92 Å². The number of ether oxygens (including phenoxy) is 1. The fourth-order valence-corrected chi connectivity index (χ4v) is 4.32. The molecule has 2 saturated heterocycles. The van der Waals surface area contributed by atoms with Crippen molar-refractivity contribution in [2.75, 3.05) is 14.2 Å². The van der Waals surface area contributed by atoms with Gasteiger partial charge in [0.1, 0.15) is 0 Å². The van der Waals surface area contributed by atoms with Crippen LogP contribution < -0.4 is 0 Å². The minimum atomic E-state index is -0.129. The average molecular weight is 328 g/mol. The van der Waals surface area contributed by atoms with Crippen LogP contribution in [0.2, 0.25) is 10.0 Å². The Morgan fingerprint density at radius 2 is 2.05 bits per heavy atom. The number of nitrogens with zero attached hydrogens (tertiary/aromatic N) is 1. The highest BCUT2D eigenvalue weighted by Gasteiger charge is 2.49. The van der Waals surface area contributed by atoms with Crippen LogP contribution in [0.15, 0.2) is 18.2 Å². The molecule has 0 aromatic heterocycles. The number of hydrogen-bond donors (Lipinski definition) is 0. The molecule has 2 bridgehead atoms. The zero-order valence-corrected chi connectivity index (χ0v) is 13.7. The van der Waals surface area contributed by atoms with Gasteiger partial charge in [0.05, 0.1) is 23.1 Å². The first-order valence-corrected chi connectivity index (χ1v) is 8.03. The summed E-state index contributed by atoms with van der Waals surface area (Å²) in [6.45, 7) is 0. The molecule has 0 unspecified atom stereocenters. The molecule has 2 aliphatic rings. The van der Waals surface area contributed by atoms with Crippen molar-refractivity contribution in [3.8, 4) is 0 Å². The fraction of sp³-hybridized carbons (Fsp3) is 0.562. The van der Waals surface area contributed by atoms with Gasteiger partial charge in [-0.1, -0.05) is 29.3 Å². The van der Waals surface area contributed by atoms with Gasteiger partial charge in [-0.3, -0.25) is 9.69 Å². The standard InChI is InChI=1S/C16H19Cl2NO2/c1-19-10-4-6-14(19)15(16(20)21-2)11(8-10)9-3-5-12(17)13(18)7-9/h3,5,7,10-11,14-15H,4,6,8H2,1-2H3/t10-,11-,14+,15+/m0/s1. The van der Waals surface area contributed by atoms with Gasteiger partial charge in [-0.05, 0) is 44.0 Å². The molecule has 1 aromatic rings. The first kappa shape index (κ1) is 15.1. The Hall–Kier alpha value is -0.770. The molecule has 3 rings (SSSR count). The number of benzene rings is 1. The van der Waals surface area contributed by atoms with E-state index in [4.69, 9.17) is 27.9 Å². The van der Waals surface area contributed by atoms with Crippen molar-refractivity contribution in [1.82, 2.24) is 4.90 Å². The molecule has 2 heterocycles. The van der Waals surface area contributed by atoms with Gasteiger partial charge >= 0.3 is 5.97 Å². The fourth-order valence-electron chi connectivity index (χ4n) is 4.01. The van der Waals surface area contributed by atoms with Gasteiger partial charge in [-0.25, -0.2) is 0 Å². The molecule has 4 atom stereocenters. The molecule has 0 radical (unpaired) electrons. The Morgan fingerprint density at radius 1 is 1.29 bits per heavy atom. The largest absolute Gasteiger partial charge is 0.469 e. The first-order valence-electron chi connectivity index (χ1n) is 7.27. The van der Waals surface area contributed by atoms with Crippen molar-refractivity contribution in [3.05, 3.63) is 33.8 Å². The van der Waals surface area contributed by atoms with Gasteiger partial charge in [0.25, 0.3) is 0 Å². The molecular weight excluding hydrogens is 309 g/mol. The number of hydrogen-bond acceptors (Lipinski definition) is 3. The summed E-state index contributed by atoms with van der Waals surface area (Å²) >= 11 is 12.2. The smallest absolute Gasteiger partial charge is 0.310 e. The summed E-state index contributed by atoms with van der Waals surface area (Å²) in [7, 11) is 3.58. The predicted molar refractivity (Wildman–Crippen MR) is 83.9 cm³/mol. The van der Waals surface area contributed by atoms with Crippen LogP contribution in [0.4, 0.5) is 0 Å². The van der Waals surface area contributed by atoms with E-state index in [2.05, 4.69) is 11.9 Å². The van der Waals surface area contributed by atoms with Crippen LogP contribution in [-0.4, -0.2) is 37.1 Å². The number of carbonyl (C=O) groups is 1. The lowest BCUT2D eigenvalue weighted by atomic mass is 9.76. The highest BCUT2D eigenvalue weighted by Crippen LogP contribution is 2.47. The summed E-state index contributed by atoms with van der Waals surface area (Å²) in [4.78, 5) is 14.7. The van der Waals surface area contributed by atoms with Crippen LogP contribution in [0.5, 0.6) is 0 Å². The molecule has 114 valence electrons. The van der Waals surface area contributed by atoms with E-state index in [0.717, 1.165) is 24.8 Å². The molecule has 0 aliphatic carbocycles. The van der Waals surface area contributed by atoms with Gasteiger partial charge in [-0.15, -0.1) is 0 Å². The molecule has 0 N–H and O–H groups in total. The highest BCUT2D eigenvalue weighted by molar-refractivity contribution is 6.42. The Kier molecular flexibility index (Phi) is 4.17. The second-order valence-electron chi connectivity index (χ2n) is 6.03. The maximum absolute atomic E-state index is 12.3. The van der Waals surface area contributed by atoms with Gasteiger partial charge in [0.2, 0.25) is 0 Å². The van der Waals surface area contributed by atoms with Crippen LogP contribution in [-0.2, 0) is 9.53 Å². The summed E-state index contributed by atoms with van der Waals surface area (Å²) in [6, 6.07) is 6.49. The summed E-state index contributed by atoms with van der Waals surface area (Å²) in [5.41, 5.74) is 1.09. The molecule has 21 heavy (non-hydrogen) atoms. The van der Waals surface area contributed by atoms with Gasteiger partial charge in [0.15, 0.2) is 0 Å². The van der Waals surface area contributed by atoms with Crippen molar-refractivity contribution in [3.63, 3.8) is 0 Å². The maximum Gasteiger partial charge on any atom is 0.310 e. The van der Waals surface area contributed by atoms with Crippen LogP contribution in [0.3, 0.4) is 0 Å². The van der Waals surface area contributed by atoms with Crippen molar-refractivity contribution in [2.24, 2.45) is 5.92 Å². The number of rotatable bonds is 2. The van der Waals surface area contributed by atoms with Crippen LogP contribution in [0.25, 0.3) is 0 Å². The van der Waals surface area contributed by atoms with Gasteiger partial charge in [0, 0.05) is 18.0 Å². The lowest BCUT2D eigenvalue weighted by molar-refractivity contribution is -0.150. The molecule has 5 heteroatoms. The number of esters is 1. The molecule has 2 fully saturated rings. The molecule has 3 nitrogen and oxygen atoms in total. The minimum Gasteiger partial charge on any atom is -0.469 e. The summed E-state index contributed by atoms with van der Waals surface area (Å²) in [5.74, 6) is -0.0971. The van der Waals surface area contributed by atoms with Crippen molar-refractivity contribution < 1.29 is 9.53 Å². The first-order chi connectivity index (χ1) is 10.0. The molecular formula is C16H19Cl2NO2. The van der Waals surface area contributed by atoms with Crippen LogP contribution in [0.1, 0.15) is 30.7 Å². The highest BCUT2D eigenvalue weighted by atomic mass is 35.5.